The van der Waals surface area contributed by atoms with Crippen molar-refractivity contribution in [2.45, 2.75) is 30.8 Å². The monoisotopic (exact) mass is 246 g/mol. The van der Waals surface area contributed by atoms with E-state index in [1.54, 1.807) is 14.2 Å². The smallest absolute Gasteiger partial charge is 0.0611 e. The van der Waals surface area contributed by atoms with Gasteiger partial charge in [-0.05, 0) is 19.3 Å². The number of nitrogens with two attached hydrogens (primary N) is 1. The highest BCUT2D eigenvalue weighted by atomic mass is 16.5. The van der Waals surface area contributed by atoms with Gasteiger partial charge in [-0.15, -0.1) is 0 Å². The molecule has 1 saturated carbocycles. The van der Waals surface area contributed by atoms with Crippen LogP contribution < -0.4 is 5.73 Å². The molecule has 0 aliphatic heterocycles. The van der Waals surface area contributed by atoms with Crippen LogP contribution in [0.3, 0.4) is 0 Å². The van der Waals surface area contributed by atoms with Crippen LogP contribution in [0.4, 0.5) is 0 Å². The van der Waals surface area contributed by atoms with Crippen LogP contribution in [-0.2, 0) is 9.47 Å². The molecule has 0 aromatic heterocycles. The predicted molar refractivity (Wildman–Crippen MR) is 67.0 cm³/mol. The second kappa shape index (κ2) is 7.28. The quantitative estimate of drug-likeness (QED) is 0.622. The van der Waals surface area contributed by atoms with Crippen LogP contribution in [0.5, 0.6) is 0 Å². The van der Waals surface area contributed by atoms with Crippen molar-refractivity contribution >= 4 is 0 Å². The van der Waals surface area contributed by atoms with Crippen molar-refractivity contribution in [3.63, 3.8) is 0 Å². The number of aliphatic hydroxyl groups excluding tert-OH is 1. The van der Waals surface area contributed by atoms with Crippen molar-refractivity contribution in [2.75, 3.05) is 47.1 Å². The predicted octanol–water partition coefficient (Wildman–Crippen LogP) is -0.176. The third-order valence-electron chi connectivity index (χ3n) is 3.61. The van der Waals surface area contributed by atoms with Gasteiger partial charge in [-0.3, -0.25) is 4.90 Å². The summed E-state index contributed by atoms with van der Waals surface area (Å²) in [5, 5.41) is 9.28. The van der Waals surface area contributed by atoms with Gasteiger partial charge < -0.3 is 20.3 Å². The molecule has 17 heavy (non-hydrogen) atoms. The Balaban J connectivity index is 2.46. The summed E-state index contributed by atoms with van der Waals surface area (Å²) in [6.45, 7) is 3.30. The SMILES string of the molecule is COCCN(CCOC)C1CCC(N)(CO)C1. The van der Waals surface area contributed by atoms with Crippen LogP contribution in [0.15, 0.2) is 0 Å². The fraction of sp³-hybridized carbons (Fsp3) is 1.00. The molecule has 0 radical (unpaired) electrons. The van der Waals surface area contributed by atoms with E-state index in [9.17, 15) is 5.11 Å². The number of hydrogen-bond donors (Lipinski definition) is 2. The molecule has 2 atom stereocenters. The summed E-state index contributed by atoms with van der Waals surface area (Å²) >= 11 is 0. The molecule has 0 aromatic rings. The normalized spacial score (nSPS) is 29.1. The van der Waals surface area contributed by atoms with Crippen molar-refractivity contribution in [1.29, 1.82) is 0 Å². The Labute approximate surface area is 104 Å². The summed E-state index contributed by atoms with van der Waals surface area (Å²) in [5.41, 5.74) is 5.72. The van der Waals surface area contributed by atoms with Crippen LogP contribution in [0.1, 0.15) is 19.3 Å². The first kappa shape index (κ1) is 14.9. The molecule has 2 unspecified atom stereocenters. The molecule has 5 heteroatoms. The van der Waals surface area contributed by atoms with E-state index >= 15 is 0 Å². The summed E-state index contributed by atoms with van der Waals surface area (Å²) in [7, 11) is 3.42. The van der Waals surface area contributed by atoms with Gasteiger partial charge in [0.15, 0.2) is 0 Å². The van der Waals surface area contributed by atoms with Crippen LogP contribution in [0, 0.1) is 0 Å². The van der Waals surface area contributed by atoms with Crippen molar-refractivity contribution in [2.24, 2.45) is 5.73 Å². The second-order valence-electron chi connectivity index (χ2n) is 4.94. The average Bonchev–Trinajstić information content (AvgIpc) is 2.73. The standard InChI is InChI=1S/C12H26N2O3/c1-16-7-5-14(6-8-17-2)11-3-4-12(13,9-11)10-15/h11,15H,3-10,13H2,1-2H3. The lowest BCUT2D eigenvalue weighted by molar-refractivity contribution is 0.0845. The van der Waals surface area contributed by atoms with Gasteiger partial charge in [-0.25, -0.2) is 0 Å². The molecule has 0 bridgehead atoms. The second-order valence-corrected chi connectivity index (χ2v) is 4.94. The number of hydrogen-bond acceptors (Lipinski definition) is 5. The van der Waals surface area contributed by atoms with E-state index in [0.29, 0.717) is 6.04 Å². The van der Waals surface area contributed by atoms with Crippen molar-refractivity contribution in [3.05, 3.63) is 0 Å². The highest BCUT2D eigenvalue weighted by Gasteiger charge is 2.37. The lowest BCUT2D eigenvalue weighted by Crippen LogP contribution is -2.45. The fourth-order valence-electron chi connectivity index (χ4n) is 2.48. The number of methoxy groups -OCH3 is 2. The maximum Gasteiger partial charge on any atom is 0.0611 e. The zero-order valence-electron chi connectivity index (χ0n) is 11.0. The molecule has 0 saturated heterocycles. The van der Waals surface area contributed by atoms with Gasteiger partial charge in [0, 0.05) is 38.9 Å². The van der Waals surface area contributed by atoms with Gasteiger partial charge in [0.05, 0.1) is 19.8 Å². The minimum Gasteiger partial charge on any atom is -0.394 e. The lowest BCUT2D eigenvalue weighted by Gasteiger charge is -2.30. The molecule has 102 valence electrons. The summed E-state index contributed by atoms with van der Waals surface area (Å²) in [6, 6.07) is 0.442. The van der Waals surface area contributed by atoms with E-state index in [2.05, 4.69) is 4.90 Å². The lowest BCUT2D eigenvalue weighted by atomic mass is 10.0. The third kappa shape index (κ3) is 4.52. The van der Waals surface area contributed by atoms with Crippen molar-refractivity contribution in [1.82, 2.24) is 4.90 Å². The van der Waals surface area contributed by atoms with Gasteiger partial charge in [0.1, 0.15) is 0 Å². The molecule has 3 N–H and O–H groups in total. The van der Waals surface area contributed by atoms with E-state index in [1.807, 2.05) is 0 Å². The van der Waals surface area contributed by atoms with Gasteiger partial charge in [-0.2, -0.15) is 0 Å². The third-order valence-corrected chi connectivity index (χ3v) is 3.61. The summed E-state index contributed by atoms with van der Waals surface area (Å²) < 4.78 is 10.3. The summed E-state index contributed by atoms with van der Waals surface area (Å²) in [6.07, 6.45) is 2.80. The molecule has 1 aliphatic rings. The van der Waals surface area contributed by atoms with Crippen LogP contribution >= 0.6 is 0 Å². The fourth-order valence-corrected chi connectivity index (χ4v) is 2.48. The molecule has 5 nitrogen and oxygen atoms in total. The molecule has 1 rings (SSSR count). The maximum atomic E-state index is 9.28. The first-order valence-electron chi connectivity index (χ1n) is 6.27. The van der Waals surface area contributed by atoms with E-state index in [-0.39, 0.29) is 12.1 Å². The van der Waals surface area contributed by atoms with E-state index in [1.165, 1.54) is 0 Å². The Kier molecular flexibility index (Phi) is 6.37. The van der Waals surface area contributed by atoms with Gasteiger partial charge in [0.2, 0.25) is 0 Å². The first-order valence-corrected chi connectivity index (χ1v) is 6.27. The minimum absolute atomic E-state index is 0.0753. The molecule has 0 amide bonds. The molecule has 0 spiro atoms. The molecule has 0 heterocycles. The Morgan fingerprint density at radius 3 is 2.29 bits per heavy atom. The average molecular weight is 246 g/mol. The van der Waals surface area contributed by atoms with E-state index < -0.39 is 0 Å². The molecular formula is C12H26N2O3. The Bertz CT molecular complexity index is 208. The number of rotatable bonds is 8. The largest absolute Gasteiger partial charge is 0.394 e. The van der Waals surface area contributed by atoms with Gasteiger partial charge in [-0.1, -0.05) is 0 Å². The number of nitrogens with zero attached hydrogens (tertiary/aromatic N) is 1. The first-order chi connectivity index (χ1) is 8.15. The highest BCUT2D eigenvalue weighted by Crippen LogP contribution is 2.30. The van der Waals surface area contributed by atoms with Gasteiger partial charge >= 0.3 is 0 Å². The van der Waals surface area contributed by atoms with E-state index in [0.717, 1.165) is 45.6 Å². The summed E-state index contributed by atoms with van der Waals surface area (Å²) in [4.78, 5) is 2.36. The Morgan fingerprint density at radius 1 is 1.29 bits per heavy atom. The van der Waals surface area contributed by atoms with Crippen LogP contribution in [-0.4, -0.2) is 68.7 Å². The zero-order chi connectivity index (χ0) is 12.7. The van der Waals surface area contributed by atoms with Crippen LogP contribution in [0.2, 0.25) is 0 Å². The van der Waals surface area contributed by atoms with Gasteiger partial charge in [0.25, 0.3) is 0 Å². The Morgan fingerprint density at radius 2 is 1.88 bits per heavy atom. The highest BCUT2D eigenvalue weighted by molar-refractivity contribution is 4.96. The topological polar surface area (TPSA) is 68.0 Å². The molecular weight excluding hydrogens is 220 g/mol. The molecule has 1 aliphatic carbocycles. The van der Waals surface area contributed by atoms with Crippen molar-refractivity contribution < 1.29 is 14.6 Å². The zero-order valence-corrected chi connectivity index (χ0v) is 11.0. The minimum atomic E-state index is -0.386. The van der Waals surface area contributed by atoms with Crippen molar-refractivity contribution in [3.8, 4) is 0 Å². The Hall–Kier alpha value is -0.200. The van der Waals surface area contributed by atoms with E-state index in [4.69, 9.17) is 15.2 Å². The summed E-state index contributed by atoms with van der Waals surface area (Å²) in [5.74, 6) is 0. The van der Waals surface area contributed by atoms with Crippen LogP contribution in [0.25, 0.3) is 0 Å². The number of aliphatic hydroxyl groups is 1. The molecule has 1 fully saturated rings. The molecule has 0 aromatic carbocycles. The number of ether oxygens (including phenoxy) is 2. The maximum absolute atomic E-state index is 9.28.